The Balaban J connectivity index is 1.48. The quantitative estimate of drug-likeness (QED) is 0.541. The fourth-order valence-corrected chi connectivity index (χ4v) is 4.18. The molecule has 1 aromatic carbocycles. The lowest BCUT2D eigenvalue weighted by atomic mass is 10.0. The van der Waals surface area contributed by atoms with Crippen molar-refractivity contribution in [2.75, 3.05) is 23.7 Å². The van der Waals surface area contributed by atoms with Crippen molar-refractivity contribution in [2.24, 2.45) is 5.73 Å². The van der Waals surface area contributed by atoms with Crippen molar-refractivity contribution < 1.29 is 9.59 Å². The van der Waals surface area contributed by atoms with Gasteiger partial charge in [0.1, 0.15) is 10.8 Å². The summed E-state index contributed by atoms with van der Waals surface area (Å²) in [4.78, 5) is 35.1. The number of likely N-dealkylation sites (tertiary alicyclic amines) is 1. The van der Waals surface area contributed by atoms with Gasteiger partial charge in [0.05, 0.1) is 11.9 Å². The minimum atomic E-state index is -0.667. The fourth-order valence-electron chi connectivity index (χ4n) is 3.52. The first-order chi connectivity index (χ1) is 15.0. The molecule has 0 aliphatic carbocycles. The van der Waals surface area contributed by atoms with Gasteiger partial charge < -0.3 is 21.3 Å². The maximum absolute atomic E-state index is 12.8. The maximum Gasteiger partial charge on any atom is 0.271 e. The average molecular weight is 438 g/mol. The summed E-state index contributed by atoms with van der Waals surface area (Å²) in [6.07, 6.45) is 3.27. The molecule has 3 aromatic rings. The van der Waals surface area contributed by atoms with E-state index in [4.69, 9.17) is 5.73 Å². The lowest BCUT2D eigenvalue weighted by Crippen LogP contribution is -2.45. The third-order valence-electron chi connectivity index (χ3n) is 4.96. The van der Waals surface area contributed by atoms with Crippen LogP contribution in [0.4, 0.5) is 16.6 Å². The normalized spacial score (nSPS) is 16.0. The van der Waals surface area contributed by atoms with Crippen LogP contribution >= 0.6 is 11.5 Å². The van der Waals surface area contributed by atoms with Crippen molar-refractivity contribution in [1.82, 2.24) is 19.2 Å². The molecule has 9 nitrogen and oxygen atoms in total. The highest BCUT2D eigenvalue weighted by atomic mass is 32.1. The van der Waals surface area contributed by atoms with Crippen LogP contribution in [0.2, 0.25) is 0 Å². The van der Waals surface area contributed by atoms with Crippen LogP contribution in [0.25, 0.3) is 0 Å². The summed E-state index contributed by atoms with van der Waals surface area (Å²) in [5.41, 5.74) is 7.06. The number of anilines is 3. The number of nitrogens with one attached hydrogen (secondary N) is 2. The number of primary amides is 1. The van der Waals surface area contributed by atoms with E-state index in [2.05, 4.69) is 25.0 Å². The molecule has 1 fully saturated rings. The zero-order valence-corrected chi connectivity index (χ0v) is 17.9. The van der Waals surface area contributed by atoms with Crippen LogP contribution in [-0.4, -0.2) is 50.2 Å². The van der Waals surface area contributed by atoms with Crippen molar-refractivity contribution in [2.45, 2.75) is 25.8 Å². The van der Waals surface area contributed by atoms with E-state index in [1.165, 1.54) is 17.7 Å². The summed E-state index contributed by atoms with van der Waals surface area (Å²) in [5.74, 6) is 0.132. The van der Waals surface area contributed by atoms with E-state index in [1.54, 1.807) is 0 Å². The third kappa shape index (κ3) is 4.97. The zero-order valence-electron chi connectivity index (χ0n) is 17.0. The van der Waals surface area contributed by atoms with E-state index >= 15 is 0 Å². The van der Waals surface area contributed by atoms with Crippen LogP contribution in [0.5, 0.6) is 0 Å². The molecule has 0 spiro atoms. The summed E-state index contributed by atoms with van der Waals surface area (Å²) in [6.45, 7) is 3.16. The second-order valence-corrected chi connectivity index (χ2v) is 8.18. The largest absolute Gasteiger partial charge is 0.364 e. The summed E-state index contributed by atoms with van der Waals surface area (Å²) < 4.78 is 4.21. The summed E-state index contributed by atoms with van der Waals surface area (Å²) in [5, 5.41) is 7.16. The van der Waals surface area contributed by atoms with Crippen molar-refractivity contribution >= 4 is 40.0 Å². The first kappa shape index (κ1) is 20.7. The molecule has 2 amide bonds. The number of rotatable bonds is 6. The van der Waals surface area contributed by atoms with E-state index in [1.807, 2.05) is 48.2 Å². The van der Waals surface area contributed by atoms with Gasteiger partial charge in [0.25, 0.3) is 11.8 Å². The van der Waals surface area contributed by atoms with Crippen LogP contribution in [0.1, 0.15) is 39.4 Å². The molecule has 1 aliphatic rings. The van der Waals surface area contributed by atoms with Gasteiger partial charge in [-0.1, -0.05) is 18.2 Å². The predicted octanol–water partition coefficient (Wildman–Crippen LogP) is 2.80. The molecule has 4 N–H and O–H groups in total. The minimum absolute atomic E-state index is 0.0187. The molecule has 0 unspecified atom stereocenters. The van der Waals surface area contributed by atoms with Gasteiger partial charge in [-0.3, -0.25) is 9.59 Å². The molecule has 10 heteroatoms. The van der Waals surface area contributed by atoms with Gasteiger partial charge in [0.15, 0.2) is 11.5 Å². The Bertz CT molecular complexity index is 1090. The molecule has 2 aromatic heterocycles. The van der Waals surface area contributed by atoms with E-state index in [9.17, 15) is 9.59 Å². The van der Waals surface area contributed by atoms with Crippen molar-refractivity contribution in [3.05, 3.63) is 59.5 Å². The van der Waals surface area contributed by atoms with Gasteiger partial charge in [0, 0.05) is 24.7 Å². The first-order valence-corrected chi connectivity index (χ1v) is 10.7. The standard InChI is InChI=1S/C21H23N7O2S/c1-13-10-17(31-27-13)26-20-18(19(22)29)23-11-16(25-20)24-15-8-5-9-28(12-15)21(30)14-6-3-2-4-7-14/h2-4,6-7,10-11,15H,5,8-9,12H2,1H3,(H2,22,29)(H2,24,25,26)/t15-/m0/s1. The third-order valence-corrected chi connectivity index (χ3v) is 5.75. The highest BCUT2D eigenvalue weighted by Gasteiger charge is 2.25. The molecule has 4 rings (SSSR count). The lowest BCUT2D eigenvalue weighted by molar-refractivity contribution is 0.0714. The molecule has 1 saturated heterocycles. The Hall–Kier alpha value is -3.53. The summed E-state index contributed by atoms with van der Waals surface area (Å²) in [7, 11) is 0. The van der Waals surface area contributed by atoms with Crippen molar-refractivity contribution in [3.63, 3.8) is 0 Å². The van der Waals surface area contributed by atoms with E-state index < -0.39 is 5.91 Å². The maximum atomic E-state index is 12.8. The van der Waals surface area contributed by atoms with Crippen LogP contribution in [0, 0.1) is 6.92 Å². The van der Waals surface area contributed by atoms with Gasteiger partial charge in [0.2, 0.25) is 0 Å². The SMILES string of the molecule is Cc1cc(Nc2nc(N[C@H]3CCCN(C(=O)c4ccccc4)C3)cnc2C(N)=O)sn1. The molecule has 160 valence electrons. The minimum Gasteiger partial charge on any atom is -0.364 e. The monoisotopic (exact) mass is 437 g/mol. The topological polar surface area (TPSA) is 126 Å². The second kappa shape index (κ2) is 9.09. The van der Waals surface area contributed by atoms with Gasteiger partial charge in [-0.05, 0) is 49.5 Å². The van der Waals surface area contributed by atoms with E-state index in [0.717, 1.165) is 30.1 Å². The highest BCUT2D eigenvalue weighted by molar-refractivity contribution is 7.10. The smallest absolute Gasteiger partial charge is 0.271 e. The molecule has 1 aliphatic heterocycles. The lowest BCUT2D eigenvalue weighted by Gasteiger charge is -2.33. The van der Waals surface area contributed by atoms with Crippen LogP contribution < -0.4 is 16.4 Å². The number of nitrogens with zero attached hydrogens (tertiary/aromatic N) is 4. The summed E-state index contributed by atoms with van der Waals surface area (Å²) >= 11 is 1.26. The Labute approximate surface area is 183 Å². The number of amides is 2. The summed E-state index contributed by atoms with van der Waals surface area (Å²) in [6, 6.07) is 11.1. The van der Waals surface area contributed by atoms with Crippen LogP contribution in [0.3, 0.4) is 0 Å². The number of aryl methyl sites for hydroxylation is 1. The Morgan fingerprint density at radius 3 is 2.77 bits per heavy atom. The fraction of sp³-hybridized carbons (Fsp3) is 0.286. The molecule has 0 radical (unpaired) electrons. The average Bonchev–Trinajstić information content (AvgIpc) is 3.18. The van der Waals surface area contributed by atoms with Gasteiger partial charge >= 0.3 is 0 Å². The molecule has 0 saturated carbocycles. The molecular weight excluding hydrogens is 414 g/mol. The van der Waals surface area contributed by atoms with Gasteiger partial charge in [-0.2, -0.15) is 4.37 Å². The van der Waals surface area contributed by atoms with E-state index in [-0.39, 0.29) is 23.5 Å². The molecule has 3 heterocycles. The number of hydrogen-bond donors (Lipinski definition) is 3. The number of benzene rings is 1. The molecule has 0 bridgehead atoms. The number of carbonyl (C=O) groups is 2. The molecule has 1 atom stereocenters. The van der Waals surface area contributed by atoms with Crippen LogP contribution in [-0.2, 0) is 0 Å². The van der Waals surface area contributed by atoms with E-state index in [0.29, 0.717) is 17.9 Å². The van der Waals surface area contributed by atoms with Crippen LogP contribution in [0.15, 0.2) is 42.6 Å². The second-order valence-electron chi connectivity index (χ2n) is 7.37. The number of piperidine rings is 1. The van der Waals surface area contributed by atoms with Crippen molar-refractivity contribution in [3.8, 4) is 0 Å². The zero-order chi connectivity index (χ0) is 21.8. The molecular formula is C21H23N7O2S. The number of carbonyl (C=O) groups excluding carboxylic acids is 2. The predicted molar refractivity (Wildman–Crippen MR) is 120 cm³/mol. The number of hydrogen-bond acceptors (Lipinski definition) is 8. The number of nitrogens with two attached hydrogens (primary N) is 1. The van der Waals surface area contributed by atoms with Crippen molar-refractivity contribution in [1.29, 1.82) is 0 Å². The number of aromatic nitrogens is 3. The highest BCUT2D eigenvalue weighted by Crippen LogP contribution is 2.24. The first-order valence-electron chi connectivity index (χ1n) is 9.97. The Morgan fingerprint density at radius 2 is 2.06 bits per heavy atom. The molecule has 31 heavy (non-hydrogen) atoms. The van der Waals surface area contributed by atoms with Gasteiger partial charge in [-0.25, -0.2) is 9.97 Å². The Morgan fingerprint density at radius 1 is 1.26 bits per heavy atom. The Kier molecular flexibility index (Phi) is 6.08. The van der Waals surface area contributed by atoms with Gasteiger partial charge in [-0.15, -0.1) is 0 Å².